The van der Waals surface area contributed by atoms with E-state index in [9.17, 15) is 18.0 Å². The van der Waals surface area contributed by atoms with Crippen LogP contribution in [-0.2, 0) is 26.0 Å². The minimum absolute atomic E-state index is 0.203. The van der Waals surface area contributed by atoms with Crippen molar-refractivity contribution in [3.8, 4) is 0 Å². The number of thiophene rings is 1. The molecule has 0 fully saturated rings. The predicted octanol–water partition coefficient (Wildman–Crippen LogP) is 3.69. The maximum Gasteiger partial charge on any atom is 0.338 e. The Morgan fingerprint density at radius 2 is 1.81 bits per heavy atom. The zero-order valence-corrected chi connectivity index (χ0v) is 18.1. The van der Waals surface area contributed by atoms with Crippen molar-refractivity contribution in [3.05, 3.63) is 77.2 Å². The summed E-state index contributed by atoms with van der Waals surface area (Å²) in [5.74, 6) is -0.924. The normalized spacial score (nSPS) is 13.4. The molecule has 160 valence electrons. The van der Waals surface area contributed by atoms with E-state index in [-0.39, 0.29) is 22.3 Å². The molecular formula is C22H20N2O5S2. The molecule has 0 radical (unpaired) electrons. The van der Waals surface area contributed by atoms with Gasteiger partial charge in [-0.25, -0.2) is 13.2 Å². The number of nitrogens with zero attached hydrogens (tertiary/aromatic N) is 1. The van der Waals surface area contributed by atoms with Crippen LogP contribution in [0.5, 0.6) is 0 Å². The fourth-order valence-corrected chi connectivity index (χ4v) is 5.43. The average Bonchev–Trinajstić information content (AvgIpc) is 3.33. The van der Waals surface area contributed by atoms with Gasteiger partial charge in [0.25, 0.3) is 15.9 Å². The third-order valence-corrected chi connectivity index (χ3v) is 7.65. The molecule has 0 saturated heterocycles. The van der Waals surface area contributed by atoms with Gasteiger partial charge < -0.3 is 9.64 Å². The maximum absolute atomic E-state index is 12.6. The van der Waals surface area contributed by atoms with Crippen molar-refractivity contribution >= 4 is 44.6 Å². The Labute approximate surface area is 184 Å². The largest absolute Gasteiger partial charge is 0.452 e. The number of carbonyl (C=O) groups is 2. The molecule has 3 aromatic rings. The van der Waals surface area contributed by atoms with Crippen molar-refractivity contribution in [2.24, 2.45) is 0 Å². The number of carbonyl (C=O) groups excluding carboxylic acids is 2. The van der Waals surface area contributed by atoms with Gasteiger partial charge in [0.05, 0.1) is 5.56 Å². The molecule has 4 rings (SSSR count). The second kappa shape index (κ2) is 8.91. The van der Waals surface area contributed by atoms with Gasteiger partial charge >= 0.3 is 5.97 Å². The maximum atomic E-state index is 12.6. The molecule has 0 spiro atoms. The van der Waals surface area contributed by atoms with E-state index >= 15 is 0 Å². The number of fused-ring (bicyclic) bond motifs is 1. The van der Waals surface area contributed by atoms with Crippen LogP contribution in [0.25, 0.3) is 0 Å². The van der Waals surface area contributed by atoms with Crippen molar-refractivity contribution < 1.29 is 22.7 Å². The number of sulfonamides is 1. The Hall–Kier alpha value is -3.17. The van der Waals surface area contributed by atoms with Gasteiger partial charge in [-0.3, -0.25) is 9.52 Å². The molecule has 1 aromatic heterocycles. The first-order chi connectivity index (χ1) is 14.9. The zero-order chi connectivity index (χ0) is 21.8. The molecular weight excluding hydrogens is 436 g/mol. The van der Waals surface area contributed by atoms with Gasteiger partial charge in [0.2, 0.25) is 0 Å². The third kappa shape index (κ3) is 4.78. The van der Waals surface area contributed by atoms with Crippen molar-refractivity contribution in [1.82, 2.24) is 0 Å². The fraction of sp³-hybridized carbons (Fsp3) is 0.182. The lowest BCUT2D eigenvalue weighted by Crippen LogP contribution is -2.38. The van der Waals surface area contributed by atoms with Crippen molar-refractivity contribution in [3.63, 3.8) is 0 Å². The third-order valence-electron chi connectivity index (χ3n) is 4.87. The molecule has 2 heterocycles. The highest BCUT2D eigenvalue weighted by Gasteiger charge is 2.23. The van der Waals surface area contributed by atoms with Crippen LogP contribution in [-0.4, -0.2) is 33.4 Å². The second-order valence-corrected chi connectivity index (χ2v) is 9.83. The summed E-state index contributed by atoms with van der Waals surface area (Å²) in [7, 11) is -3.66. The summed E-state index contributed by atoms with van der Waals surface area (Å²) in [6, 6.07) is 16.7. The number of ether oxygens (including phenoxy) is 1. The molecule has 1 N–H and O–H groups in total. The van der Waals surface area contributed by atoms with E-state index in [1.807, 2.05) is 24.3 Å². The molecule has 31 heavy (non-hydrogen) atoms. The molecule has 1 aliphatic heterocycles. The Bertz CT molecular complexity index is 1190. The van der Waals surface area contributed by atoms with Crippen LogP contribution in [0.1, 0.15) is 22.3 Å². The summed E-state index contributed by atoms with van der Waals surface area (Å²) >= 11 is 1.11. The highest BCUT2D eigenvalue weighted by atomic mass is 32.2. The van der Waals surface area contributed by atoms with Gasteiger partial charge in [0.1, 0.15) is 4.21 Å². The number of hydrogen-bond donors (Lipinski definition) is 1. The molecule has 1 amide bonds. The summed E-state index contributed by atoms with van der Waals surface area (Å²) < 4.78 is 32.4. The van der Waals surface area contributed by atoms with Gasteiger partial charge in [-0.2, -0.15) is 0 Å². The number of amides is 1. The van der Waals surface area contributed by atoms with E-state index in [1.165, 1.54) is 30.3 Å². The minimum atomic E-state index is -3.66. The quantitative estimate of drug-likeness (QED) is 0.571. The van der Waals surface area contributed by atoms with Gasteiger partial charge in [0, 0.05) is 17.9 Å². The monoisotopic (exact) mass is 456 g/mol. The van der Waals surface area contributed by atoms with Gasteiger partial charge in [0.15, 0.2) is 6.61 Å². The molecule has 0 unspecified atom stereocenters. The fourth-order valence-electron chi connectivity index (χ4n) is 3.38. The summed E-state index contributed by atoms with van der Waals surface area (Å²) in [6.45, 7) is 0.229. The molecule has 0 atom stereocenters. The van der Waals surface area contributed by atoms with Crippen LogP contribution in [0.15, 0.2) is 70.3 Å². The number of nitrogens with one attached hydrogen (secondary N) is 1. The van der Waals surface area contributed by atoms with Crippen molar-refractivity contribution in [2.45, 2.75) is 17.1 Å². The molecule has 9 heteroatoms. The highest BCUT2D eigenvalue weighted by Crippen LogP contribution is 2.27. The second-order valence-electron chi connectivity index (χ2n) is 6.97. The van der Waals surface area contributed by atoms with Crippen LogP contribution in [0.3, 0.4) is 0 Å². The van der Waals surface area contributed by atoms with Gasteiger partial charge in [-0.05, 0) is 60.2 Å². The van der Waals surface area contributed by atoms with E-state index in [4.69, 9.17) is 4.74 Å². The van der Waals surface area contributed by atoms with Crippen molar-refractivity contribution in [1.29, 1.82) is 0 Å². The summed E-state index contributed by atoms with van der Waals surface area (Å²) in [5.41, 5.74) is 2.52. The number of para-hydroxylation sites is 1. The van der Waals surface area contributed by atoms with E-state index in [0.717, 1.165) is 35.4 Å². The van der Waals surface area contributed by atoms with Crippen LogP contribution in [0, 0.1) is 0 Å². The van der Waals surface area contributed by atoms with Gasteiger partial charge in [-0.15, -0.1) is 11.3 Å². The highest BCUT2D eigenvalue weighted by molar-refractivity contribution is 7.94. The Morgan fingerprint density at radius 3 is 2.55 bits per heavy atom. The van der Waals surface area contributed by atoms with Crippen LogP contribution in [0.4, 0.5) is 11.4 Å². The lowest BCUT2D eigenvalue weighted by atomic mass is 10.0. The molecule has 0 saturated carbocycles. The Balaban J connectivity index is 1.36. The molecule has 2 aromatic carbocycles. The smallest absolute Gasteiger partial charge is 0.338 e. The lowest BCUT2D eigenvalue weighted by molar-refractivity contribution is -0.121. The molecule has 1 aliphatic rings. The van der Waals surface area contributed by atoms with E-state index in [2.05, 4.69) is 4.72 Å². The number of esters is 1. The first-order valence-corrected chi connectivity index (χ1v) is 12.0. The summed E-state index contributed by atoms with van der Waals surface area (Å²) in [4.78, 5) is 26.6. The molecule has 7 nitrogen and oxygen atoms in total. The van der Waals surface area contributed by atoms with Crippen LogP contribution >= 0.6 is 11.3 Å². The molecule has 0 bridgehead atoms. The SMILES string of the molecule is O=C(OCC(=O)N1CCCc2ccccc21)c1ccc(NS(=O)(=O)c2cccs2)cc1. The molecule has 0 aliphatic carbocycles. The topological polar surface area (TPSA) is 92.8 Å². The van der Waals surface area contributed by atoms with E-state index in [0.29, 0.717) is 12.2 Å². The van der Waals surface area contributed by atoms with E-state index < -0.39 is 16.0 Å². The number of benzene rings is 2. The average molecular weight is 457 g/mol. The number of hydrogen-bond acceptors (Lipinski definition) is 6. The lowest BCUT2D eigenvalue weighted by Gasteiger charge is -2.29. The first kappa shape index (κ1) is 21.1. The van der Waals surface area contributed by atoms with Crippen LogP contribution < -0.4 is 9.62 Å². The number of rotatable bonds is 6. The van der Waals surface area contributed by atoms with Crippen LogP contribution in [0.2, 0.25) is 0 Å². The summed E-state index contributed by atoms with van der Waals surface area (Å²) in [6.07, 6.45) is 1.78. The first-order valence-electron chi connectivity index (χ1n) is 9.66. The number of anilines is 2. The van der Waals surface area contributed by atoms with E-state index in [1.54, 1.807) is 16.3 Å². The standard InChI is InChI=1S/C22H20N2O5S2/c25-20(24-13-3-6-16-5-1-2-7-19(16)24)15-29-22(26)17-9-11-18(12-10-17)23-31(27,28)21-8-4-14-30-21/h1-2,4-5,7-12,14,23H,3,6,13,15H2. The number of aryl methyl sites for hydroxylation is 1. The zero-order valence-electron chi connectivity index (χ0n) is 16.5. The summed E-state index contributed by atoms with van der Waals surface area (Å²) in [5, 5.41) is 1.68. The minimum Gasteiger partial charge on any atom is -0.452 e. The van der Waals surface area contributed by atoms with Crippen molar-refractivity contribution in [2.75, 3.05) is 22.8 Å². The Kier molecular flexibility index (Phi) is 6.06. The predicted molar refractivity (Wildman–Crippen MR) is 119 cm³/mol. The van der Waals surface area contributed by atoms with Gasteiger partial charge in [-0.1, -0.05) is 24.3 Å². The Morgan fingerprint density at radius 1 is 1.03 bits per heavy atom.